The Morgan fingerprint density at radius 2 is 1.92 bits per heavy atom. The average molecular weight is 341 g/mol. The van der Waals surface area contributed by atoms with Crippen LogP contribution < -0.4 is 5.32 Å². The van der Waals surface area contributed by atoms with Crippen molar-refractivity contribution in [3.8, 4) is 11.1 Å². The van der Waals surface area contributed by atoms with Crippen molar-refractivity contribution in [2.24, 2.45) is 0 Å². The summed E-state index contributed by atoms with van der Waals surface area (Å²) in [5, 5.41) is 4.18. The predicted molar refractivity (Wildman–Crippen MR) is 96.4 cm³/mol. The highest BCUT2D eigenvalue weighted by Gasteiger charge is 2.04. The summed E-state index contributed by atoms with van der Waals surface area (Å²) >= 11 is 0. The summed E-state index contributed by atoms with van der Waals surface area (Å²) in [4.78, 5) is 8.32. The fraction of sp³-hybridized carbons (Fsp3) is 0.222. The summed E-state index contributed by atoms with van der Waals surface area (Å²) in [6.45, 7) is 1.09. The standard InChI is InChI=1S/C18H19N3O2S/c1-24(22,23)8-7-19-11-14-3-2-4-15(9-14)16-5-6-17-12-20-13-21-18(17)10-16/h2-6,9-10,12-13,19H,7-8,11H2,1H3. The zero-order valence-electron chi connectivity index (χ0n) is 13.4. The van der Waals surface area contributed by atoms with E-state index in [0.717, 1.165) is 27.6 Å². The van der Waals surface area contributed by atoms with Crippen LogP contribution in [-0.2, 0) is 16.4 Å². The molecule has 0 bridgehead atoms. The van der Waals surface area contributed by atoms with Gasteiger partial charge in [-0.2, -0.15) is 0 Å². The molecule has 0 aliphatic carbocycles. The molecule has 0 aliphatic heterocycles. The fourth-order valence-electron chi connectivity index (χ4n) is 2.50. The van der Waals surface area contributed by atoms with Crippen molar-refractivity contribution in [2.75, 3.05) is 18.6 Å². The molecular weight excluding hydrogens is 322 g/mol. The van der Waals surface area contributed by atoms with Crippen molar-refractivity contribution < 1.29 is 8.42 Å². The predicted octanol–water partition coefficient (Wildman–Crippen LogP) is 2.43. The van der Waals surface area contributed by atoms with Crippen molar-refractivity contribution in [3.05, 3.63) is 60.6 Å². The molecule has 1 heterocycles. The second kappa shape index (κ2) is 7.07. The van der Waals surface area contributed by atoms with Crippen LogP contribution in [0.1, 0.15) is 5.56 Å². The first kappa shape index (κ1) is 16.5. The highest BCUT2D eigenvalue weighted by Crippen LogP contribution is 2.23. The van der Waals surface area contributed by atoms with Crippen LogP contribution in [0.4, 0.5) is 0 Å². The molecule has 0 amide bonds. The molecule has 2 aromatic carbocycles. The number of hydrogen-bond donors (Lipinski definition) is 1. The van der Waals surface area contributed by atoms with E-state index in [0.29, 0.717) is 13.1 Å². The Kier molecular flexibility index (Phi) is 4.87. The molecule has 3 aromatic rings. The van der Waals surface area contributed by atoms with Crippen LogP contribution in [0.15, 0.2) is 55.0 Å². The van der Waals surface area contributed by atoms with E-state index in [2.05, 4.69) is 33.5 Å². The van der Waals surface area contributed by atoms with Gasteiger partial charge in [0.2, 0.25) is 0 Å². The number of benzene rings is 2. The van der Waals surface area contributed by atoms with Crippen LogP contribution in [-0.4, -0.2) is 36.9 Å². The van der Waals surface area contributed by atoms with E-state index in [1.807, 2.05) is 24.3 Å². The topological polar surface area (TPSA) is 72.0 Å². The first-order valence-electron chi connectivity index (χ1n) is 7.69. The Bertz CT molecular complexity index is 955. The van der Waals surface area contributed by atoms with Crippen LogP contribution in [0.2, 0.25) is 0 Å². The van der Waals surface area contributed by atoms with Crippen LogP contribution in [0.5, 0.6) is 0 Å². The normalized spacial score (nSPS) is 11.7. The van der Waals surface area contributed by atoms with Crippen molar-refractivity contribution in [3.63, 3.8) is 0 Å². The van der Waals surface area contributed by atoms with Crippen LogP contribution in [0.3, 0.4) is 0 Å². The van der Waals surface area contributed by atoms with E-state index in [1.54, 1.807) is 12.5 Å². The fourth-order valence-corrected chi connectivity index (χ4v) is 3.02. The first-order valence-corrected chi connectivity index (χ1v) is 9.75. The van der Waals surface area contributed by atoms with E-state index in [-0.39, 0.29) is 5.75 Å². The molecule has 0 fully saturated rings. The van der Waals surface area contributed by atoms with E-state index in [4.69, 9.17) is 0 Å². The molecule has 5 nitrogen and oxygen atoms in total. The van der Waals surface area contributed by atoms with Gasteiger partial charge in [-0.3, -0.25) is 0 Å². The summed E-state index contributed by atoms with van der Waals surface area (Å²) in [5.74, 6) is 0.150. The van der Waals surface area contributed by atoms with Gasteiger partial charge in [0.15, 0.2) is 0 Å². The monoisotopic (exact) mass is 341 g/mol. The zero-order valence-corrected chi connectivity index (χ0v) is 14.3. The van der Waals surface area contributed by atoms with E-state index in [9.17, 15) is 8.42 Å². The highest BCUT2D eigenvalue weighted by molar-refractivity contribution is 7.90. The van der Waals surface area contributed by atoms with E-state index >= 15 is 0 Å². The molecule has 1 N–H and O–H groups in total. The molecule has 24 heavy (non-hydrogen) atoms. The Labute approximate surface area is 141 Å². The number of nitrogens with one attached hydrogen (secondary N) is 1. The maximum absolute atomic E-state index is 11.1. The first-order chi connectivity index (χ1) is 11.5. The van der Waals surface area contributed by atoms with E-state index < -0.39 is 9.84 Å². The molecule has 3 rings (SSSR count). The summed E-state index contributed by atoms with van der Waals surface area (Å²) in [6, 6.07) is 14.3. The Balaban J connectivity index is 1.74. The van der Waals surface area contributed by atoms with Gasteiger partial charge in [0, 0.05) is 30.9 Å². The maximum atomic E-state index is 11.1. The lowest BCUT2D eigenvalue weighted by molar-refractivity contribution is 0.596. The summed E-state index contributed by atoms with van der Waals surface area (Å²) in [7, 11) is -2.93. The Morgan fingerprint density at radius 1 is 1.08 bits per heavy atom. The minimum atomic E-state index is -2.93. The van der Waals surface area contributed by atoms with Crippen LogP contribution in [0.25, 0.3) is 22.0 Å². The van der Waals surface area contributed by atoms with Crippen molar-refractivity contribution >= 4 is 20.7 Å². The molecule has 0 saturated heterocycles. The van der Waals surface area contributed by atoms with Gasteiger partial charge in [0.25, 0.3) is 0 Å². The largest absolute Gasteiger partial charge is 0.312 e. The molecule has 0 unspecified atom stereocenters. The molecular formula is C18H19N3O2S. The van der Waals surface area contributed by atoms with Gasteiger partial charge in [0.05, 0.1) is 11.3 Å². The lowest BCUT2D eigenvalue weighted by Gasteiger charge is -2.08. The smallest absolute Gasteiger partial charge is 0.148 e. The number of sulfone groups is 1. The quantitative estimate of drug-likeness (QED) is 0.697. The second-order valence-electron chi connectivity index (χ2n) is 5.80. The zero-order chi connectivity index (χ0) is 17.0. The van der Waals surface area contributed by atoms with Gasteiger partial charge < -0.3 is 5.32 Å². The van der Waals surface area contributed by atoms with Gasteiger partial charge in [0.1, 0.15) is 16.2 Å². The molecule has 0 aliphatic rings. The average Bonchev–Trinajstić information content (AvgIpc) is 2.58. The summed E-state index contributed by atoms with van der Waals surface area (Å²) in [5.41, 5.74) is 4.24. The van der Waals surface area contributed by atoms with Crippen molar-refractivity contribution in [1.82, 2.24) is 15.3 Å². The molecule has 0 saturated carbocycles. The maximum Gasteiger partial charge on any atom is 0.148 e. The lowest BCUT2D eigenvalue weighted by atomic mass is 10.0. The van der Waals surface area contributed by atoms with Gasteiger partial charge in [-0.25, -0.2) is 18.4 Å². The Hall–Kier alpha value is -2.31. The number of rotatable bonds is 6. The highest BCUT2D eigenvalue weighted by atomic mass is 32.2. The summed E-state index contributed by atoms with van der Waals surface area (Å²) < 4.78 is 22.3. The van der Waals surface area contributed by atoms with Gasteiger partial charge in [-0.1, -0.05) is 30.3 Å². The number of aromatic nitrogens is 2. The summed E-state index contributed by atoms with van der Waals surface area (Å²) in [6.07, 6.45) is 4.60. The van der Waals surface area contributed by atoms with Gasteiger partial charge in [-0.15, -0.1) is 0 Å². The molecule has 0 spiro atoms. The number of hydrogen-bond acceptors (Lipinski definition) is 5. The molecule has 1 aromatic heterocycles. The molecule has 124 valence electrons. The van der Waals surface area contributed by atoms with Crippen molar-refractivity contribution in [1.29, 1.82) is 0 Å². The van der Waals surface area contributed by atoms with Crippen molar-refractivity contribution in [2.45, 2.75) is 6.54 Å². The van der Waals surface area contributed by atoms with E-state index in [1.165, 1.54) is 6.26 Å². The van der Waals surface area contributed by atoms with Gasteiger partial charge >= 0.3 is 0 Å². The van der Waals surface area contributed by atoms with Crippen LogP contribution >= 0.6 is 0 Å². The van der Waals surface area contributed by atoms with Gasteiger partial charge in [-0.05, 0) is 28.8 Å². The third-order valence-corrected chi connectivity index (χ3v) is 4.69. The molecule has 6 heteroatoms. The minimum absolute atomic E-state index is 0.150. The minimum Gasteiger partial charge on any atom is -0.312 e. The second-order valence-corrected chi connectivity index (χ2v) is 8.06. The number of nitrogens with zero attached hydrogens (tertiary/aromatic N) is 2. The Morgan fingerprint density at radius 3 is 2.75 bits per heavy atom. The molecule has 0 radical (unpaired) electrons. The van der Waals surface area contributed by atoms with Crippen LogP contribution in [0, 0.1) is 0 Å². The lowest BCUT2D eigenvalue weighted by Crippen LogP contribution is -2.21. The third-order valence-electron chi connectivity index (χ3n) is 3.75. The third kappa shape index (κ3) is 4.37. The number of fused-ring (bicyclic) bond motifs is 1. The SMILES string of the molecule is CS(=O)(=O)CCNCc1cccc(-c2ccc3cncnc3c2)c1. The molecule has 0 atom stereocenters.